The average Bonchev–Trinajstić information content (AvgIpc) is 2.05. The fourth-order valence-electron chi connectivity index (χ4n) is 1.75. The van der Waals surface area contributed by atoms with Crippen molar-refractivity contribution in [3.63, 3.8) is 0 Å². The van der Waals surface area contributed by atoms with Crippen LogP contribution in [0.25, 0.3) is 0 Å². The van der Waals surface area contributed by atoms with Crippen LogP contribution in [0.1, 0.15) is 13.8 Å². The number of aldehydes is 1. The Labute approximate surface area is 74.1 Å². The van der Waals surface area contributed by atoms with E-state index in [0.717, 1.165) is 25.9 Å². The van der Waals surface area contributed by atoms with Crippen molar-refractivity contribution in [3.8, 4) is 0 Å². The van der Waals surface area contributed by atoms with Crippen molar-refractivity contribution in [1.82, 2.24) is 10.2 Å². The van der Waals surface area contributed by atoms with Gasteiger partial charge in [-0.1, -0.05) is 13.8 Å². The zero-order valence-electron chi connectivity index (χ0n) is 7.92. The molecule has 1 aliphatic rings. The third kappa shape index (κ3) is 2.29. The second kappa shape index (κ2) is 4.58. The zero-order valence-corrected chi connectivity index (χ0v) is 7.92. The Kier molecular flexibility index (Phi) is 3.69. The Morgan fingerprint density at radius 2 is 2.42 bits per heavy atom. The first kappa shape index (κ1) is 9.68. The molecule has 1 N–H and O–H groups in total. The van der Waals surface area contributed by atoms with Crippen LogP contribution in [0.2, 0.25) is 0 Å². The number of carbonyl (C=O) groups excluding carboxylic acids is 1. The second-order valence-corrected chi connectivity index (χ2v) is 3.68. The van der Waals surface area contributed by atoms with E-state index in [1.807, 2.05) is 0 Å². The molecule has 0 saturated carbocycles. The third-order valence-electron chi connectivity index (χ3n) is 2.48. The summed E-state index contributed by atoms with van der Waals surface area (Å²) < 4.78 is 0. The number of nitrogens with zero attached hydrogens (tertiary/aromatic N) is 1. The number of rotatable bonds is 3. The van der Waals surface area contributed by atoms with Crippen LogP contribution in [0, 0.1) is 5.92 Å². The largest absolute Gasteiger partial charge is 0.314 e. The van der Waals surface area contributed by atoms with E-state index in [1.54, 1.807) is 0 Å². The molecular weight excluding hydrogens is 152 g/mol. The summed E-state index contributed by atoms with van der Waals surface area (Å²) in [6.45, 7) is 8.03. The maximum absolute atomic E-state index is 10.4. The van der Waals surface area contributed by atoms with Crippen molar-refractivity contribution in [2.45, 2.75) is 19.9 Å². The van der Waals surface area contributed by atoms with Gasteiger partial charge in [-0.2, -0.15) is 0 Å². The Morgan fingerprint density at radius 1 is 1.67 bits per heavy atom. The standard InChI is InChI=1S/C9H18N2O/c1-8(2)9-7-10-3-4-11(9)5-6-12/h6,8-10H,3-5,7H2,1-2H3. The van der Waals surface area contributed by atoms with Gasteiger partial charge in [-0.15, -0.1) is 0 Å². The zero-order chi connectivity index (χ0) is 8.97. The lowest BCUT2D eigenvalue weighted by Gasteiger charge is -2.37. The molecule has 1 unspecified atom stereocenters. The lowest BCUT2D eigenvalue weighted by Crippen LogP contribution is -2.53. The van der Waals surface area contributed by atoms with E-state index in [2.05, 4.69) is 24.1 Å². The first-order valence-electron chi connectivity index (χ1n) is 4.64. The van der Waals surface area contributed by atoms with Crippen LogP contribution in [0.4, 0.5) is 0 Å². The summed E-state index contributed by atoms with van der Waals surface area (Å²) in [6, 6.07) is 0.531. The first-order valence-corrected chi connectivity index (χ1v) is 4.64. The molecule has 0 radical (unpaired) electrons. The van der Waals surface area contributed by atoms with Crippen LogP contribution in [0.15, 0.2) is 0 Å². The van der Waals surface area contributed by atoms with Crippen molar-refractivity contribution >= 4 is 6.29 Å². The van der Waals surface area contributed by atoms with Crippen molar-refractivity contribution < 1.29 is 4.79 Å². The minimum Gasteiger partial charge on any atom is -0.314 e. The number of piperazine rings is 1. The summed E-state index contributed by atoms with van der Waals surface area (Å²) in [5, 5.41) is 3.35. The van der Waals surface area contributed by atoms with E-state index in [1.165, 1.54) is 0 Å². The van der Waals surface area contributed by atoms with Crippen molar-refractivity contribution in [2.24, 2.45) is 5.92 Å². The van der Waals surface area contributed by atoms with Crippen molar-refractivity contribution in [3.05, 3.63) is 0 Å². The molecule has 1 saturated heterocycles. The summed E-state index contributed by atoms with van der Waals surface area (Å²) in [5.41, 5.74) is 0. The molecule has 0 aromatic heterocycles. The van der Waals surface area contributed by atoms with Crippen LogP contribution in [0.5, 0.6) is 0 Å². The number of hydrogen-bond donors (Lipinski definition) is 1. The molecule has 3 heteroatoms. The van der Waals surface area contributed by atoms with Gasteiger partial charge in [0.1, 0.15) is 6.29 Å². The van der Waals surface area contributed by atoms with E-state index < -0.39 is 0 Å². The van der Waals surface area contributed by atoms with E-state index in [9.17, 15) is 4.79 Å². The monoisotopic (exact) mass is 170 g/mol. The highest BCUT2D eigenvalue weighted by atomic mass is 16.1. The Morgan fingerprint density at radius 3 is 3.00 bits per heavy atom. The van der Waals surface area contributed by atoms with Gasteiger partial charge in [0.15, 0.2) is 0 Å². The molecule has 0 aromatic rings. The molecule has 0 amide bonds. The van der Waals surface area contributed by atoms with Crippen LogP contribution in [-0.4, -0.2) is 43.4 Å². The quantitative estimate of drug-likeness (QED) is 0.610. The Bertz CT molecular complexity index is 147. The number of hydrogen-bond acceptors (Lipinski definition) is 3. The first-order chi connectivity index (χ1) is 5.75. The maximum atomic E-state index is 10.4. The van der Waals surface area contributed by atoms with Crippen LogP contribution >= 0.6 is 0 Å². The van der Waals surface area contributed by atoms with Crippen molar-refractivity contribution in [2.75, 3.05) is 26.2 Å². The second-order valence-electron chi connectivity index (χ2n) is 3.68. The van der Waals surface area contributed by atoms with Crippen LogP contribution in [0.3, 0.4) is 0 Å². The van der Waals surface area contributed by atoms with Gasteiger partial charge in [-0.3, -0.25) is 4.90 Å². The summed E-state index contributed by atoms with van der Waals surface area (Å²) in [4.78, 5) is 12.6. The van der Waals surface area contributed by atoms with E-state index in [0.29, 0.717) is 18.5 Å². The normalized spacial score (nSPS) is 26.1. The van der Waals surface area contributed by atoms with Gasteiger partial charge in [0.2, 0.25) is 0 Å². The molecule has 70 valence electrons. The molecule has 1 atom stereocenters. The summed E-state index contributed by atoms with van der Waals surface area (Å²) >= 11 is 0. The SMILES string of the molecule is CC(C)C1CNCCN1CC=O. The highest BCUT2D eigenvalue weighted by Crippen LogP contribution is 2.11. The molecule has 0 aliphatic carbocycles. The van der Waals surface area contributed by atoms with Crippen molar-refractivity contribution in [1.29, 1.82) is 0 Å². The summed E-state index contributed by atoms with van der Waals surface area (Å²) in [5.74, 6) is 0.623. The predicted molar refractivity (Wildman–Crippen MR) is 49.1 cm³/mol. The van der Waals surface area contributed by atoms with Gasteiger partial charge < -0.3 is 10.1 Å². The molecule has 0 bridgehead atoms. The van der Waals surface area contributed by atoms with E-state index in [-0.39, 0.29) is 0 Å². The lowest BCUT2D eigenvalue weighted by molar-refractivity contribution is -0.109. The van der Waals surface area contributed by atoms with Gasteiger partial charge >= 0.3 is 0 Å². The van der Waals surface area contributed by atoms with Gasteiger partial charge in [0.25, 0.3) is 0 Å². The maximum Gasteiger partial charge on any atom is 0.133 e. The topological polar surface area (TPSA) is 32.3 Å². The van der Waals surface area contributed by atoms with Gasteiger partial charge in [-0.25, -0.2) is 0 Å². The average molecular weight is 170 g/mol. The summed E-state index contributed by atoms with van der Waals surface area (Å²) in [7, 11) is 0. The smallest absolute Gasteiger partial charge is 0.133 e. The molecule has 0 spiro atoms. The fraction of sp³-hybridized carbons (Fsp3) is 0.889. The van der Waals surface area contributed by atoms with Crippen LogP contribution < -0.4 is 5.32 Å². The number of carbonyl (C=O) groups is 1. The minimum atomic E-state index is 0.531. The highest BCUT2D eigenvalue weighted by molar-refractivity contribution is 5.52. The molecule has 1 fully saturated rings. The van der Waals surface area contributed by atoms with Crippen LogP contribution in [-0.2, 0) is 4.79 Å². The van der Waals surface area contributed by atoms with E-state index >= 15 is 0 Å². The predicted octanol–water partition coefficient (Wildman–Crippen LogP) is 0.115. The molecule has 0 aromatic carbocycles. The molecular formula is C9H18N2O. The van der Waals surface area contributed by atoms with Gasteiger partial charge in [0, 0.05) is 25.7 Å². The highest BCUT2D eigenvalue weighted by Gasteiger charge is 2.23. The molecule has 1 aliphatic heterocycles. The fourth-order valence-corrected chi connectivity index (χ4v) is 1.75. The molecule has 3 nitrogen and oxygen atoms in total. The van der Waals surface area contributed by atoms with Gasteiger partial charge in [-0.05, 0) is 5.92 Å². The molecule has 12 heavy (non-hydrogen) atoms. The van der Waals surface area contributed by atoms with E-state index in [4.69, 9.17) is 0 Å². The lowest BCUT2D eigenvalue weighted by atomic mass is 10.0. The summed E-state index contributed by atoms with van der Waals surface area (Å²) in [6.07, 6.45) is 1.00. The Hall–Kier alpha value is -0.410. The molecule has 1 rings (SSSR count). The van der Waals surface area contributed by atoms with Gasteiger partial charge in [0.05, 0.1) is 6.54 Å². The minimum absolute atomic E-state index is 0.531. The third-order valence-corrected chi connectivity index (χ3v) is 2.48. The Balaban J connectivity index is 2.47. The number of nitrogens with one attached hydrogen (secondary N) is 1. The molecule has 1 heterocycles.